The van der Waals surface area contributed by atoms with Gasteiger partial charge in [-0.2, -0.15) is 0 Å². The van der Waals surface area contributed by atoms with Gasteiger partial charge in [0.1, 0.15) is 0 Å². The molecule has 19 heavy (non-hydrogen) atoms. The maximum absolute atomic E-state index is 5.31. The number of hydrogen-bond donors (Lipinski definition) is 0. The Morgan fingerprint density at radius 1 is 1.47 bits per heavy atom. The van der Waals surface area contributed by atoms with Gasteiger partial charge in [-0.15, -0.1) is 0 Å². The van der Waals surface area contributed by atoms with Crippen LogP contribution in [-0.4, -0.2) is 36.9 Å². The maximum Gasteiger partial charge on any atom is 0.177 e. The topological polar surface area (TPSA) is 24.8 Å². The Kier molecular flexibility index (Phi) is 3.52. The molecule has 1 aromatic rings. The SMILES string of the molecule is Cc1cccc(C#CCO/N=C2\CN3CCC2C3)c1. The lowest BCUT2D eigenvalue weighted by Gasteiger charge is -2.12. The second kappa shape index (κ2) is 5.46. The minimum Gasteiger partial charge on any atom is -0.383 e. The molecule has 0 spiro atoms. The smallest absolute Gasteiger partial charge is 0.177 e. The van der Waals surface area contributed by atoms with Gasteiger partial charge in [-0.25, -0.2) is 0 Å². The summed E-state index contributed by atoms with van der Waals surface area (Å²) in [5.74, 6) is 6.72. The standard InChI is InChI=1S/C16H18N2O/c1-13-4-2-5-14(10-13)6-3-9-19-17-16-12-18-8-7-15(16)11-18/h2,4-5,10,15H,7-9,11-12H2,1H3/b17-16+. The first-order chi connectivity index (χ1) is 9.31. The average molecular weight is 254 g/mol. The zero-order chi connectivity index (χ0) is 13.1. The molecule has 2 bridgehead atoms. The summed E-state index contributed by atoms with van der Waals surface area (Å²) in [7, 11) is 0. The third-order valence-corrected chi connectivity index (χ3v) is 3.70. The second-order valence-corrected chi connectivity index (χ2v) is 5.25. The number of nitrogens with zero attached hydrogens (tertiary/aromatic N) is 2. The predicted molar refractivity (Wildman–Crippen MR) is 76.0 cm³/mol. The summed E-state index contributed by atoms with van der Waals surface area (Å²) in [6.45, 7) is 5.80. The van der Waals surface area contributed by atoms with Crippen molar-refractivity contribution in [2.75, 3.05) is 26.2 Å². The van der Waals surface area contributed by atoms with Crippen molar-refractivity contribution in [1.82, 2.24) is 4.90 Å². The van der Waals surface area contributed by atoms with Crippen LogP contribution in [0.3, 0.4) is 0 Å². The van der Waals surface area contributed by atoms with E-state index in [1.54, 1.807) is 0 Å². The van der Waals surface area contributed by atoms with Crippen LogP contribution in [0.1, 0.15) is 17.5 Å². The maximum atomic E-state index is 5.31. The number of fused-ring (bicyclic) bond motifs is 2. The molecular formula is C16H18N2O. The molecule has 2 atom stereocenters. The minimum atomic E-state index is 0.365. The van der Waals surface area contributed by atoms with Gasteiger partial charge in [0.2, 0.25) is 0 Å². The van der Waals surface area contributed by atoms with E-state index in [1.807, 2.05) is 12.1 Å². The Bertz CT molecular complexity index is 553. The molecule has 0 aromatic heterocycles. The molecule has 0 aliphatic carbocycles. The van der Waals surface area contributed by atoms with E-state index in [-0.39, 0.29) is 0 Å². The first-order valence-corrected chi connectivity index (χ1v) is 6.78. The van der Waals surface area contributed by atoms with E-state index in [1.165, 1.54) is 24.2 Å². The van der Waals surface area contributed by atoms with Gasteiger partial charge in [0.25, 0.3) is 0 Å². The first-order valence-electron chi connectivity index (χ1n) is 6.78. The lowest BCUT2D eigenvalue weighted by atomic mass is 10.0. The Balaban J connectivity index is 1.50. The summed E-state index contributed by atoms with van der Waals surface area (Å²) < 4.78 is 0. The van der Waals surface area contributed by atoms with Crippen molar-refractivity contribution in [3.05, 3.63) is 35.4 Å². The Hall–Kier alpha value is -1.79. The van der Waals surface area contributed by atoms with E-state index in [4.69, 9.17) is 4.84 Å². The molecular weight excluding hydrogens is 236 g/mol. The lowest BCUT2D eigenvalue weighted by Crippen LogP contribution is -2.23. The number of piperidine rings is 1. The van der Waals surface area contributed by atoms with Gasteiger partial charge < -0.3 is 4.84 Å². The molecule has 0 saturated carbocycles. The van der Waals surface area contributed by atoms with Crippen LogP contribution < -0.4 is 0 Å². The molecule has 2 aliphatic rings. The van der Waals surface area contributed by atoms with Crippen LogP contribution in [0.4, 0.5) is 0 Å². The first kappa shape index (κ1) is 12.3. The van der Waals surface area contributed by atoms with Crippen LogP contribution in [0.25, 0.3) is 0 Å². The molecule has 2 saturated heterocycles. The van der Waals surface area contributed by atoms with E-state index in [0.29, 0.717) is 12.5 Å². The van der Waals surface area contributed by atoms with E-state index >= 15 is 0 Å². The van der Waals surface area contributed by atoms with E-state index in [2.05, 4.69) is 41.0 Å². The lowest BCUT2D eigenvalue weighted by molar-refractivity contribution is 0.177. The highest BCUT2D eigenvalue weighted by atomic mass is 16.6. The molecule has 2 aliphatic heterocycles. The molecule has 98 valence electrons. The number of benzene rings is 1. The second-order valence-electron chi connectivity index (χ2n) is 5.25. The van der Waals surface area contributed by atoms with Crippen LogP contribution in [0.2, 0.25) is 0 Å². The highest BCUT2D eigenvalue weighted by Gasteiger charge is 2.35. The van der Waals surface area contributed by atoms with Gasteiger partial charge in [0.15, 0.2) is 6.61 Å². The molecule has 1 aromatic carbocycles. The summed E-state index contributed by atoms with van der Waals surface area (Å²) in [5, 5.41) is 4.23. The van der Waals surface area contributed by atoms with Crippen molar-refractivity contribution < 1.29 is 4.84 Å². The fourth-order valence-corrected chi connectivity index (χ4v) is 2.72. The Morgan fingerprint density at radius 3 is 3.16 bits per heavy atom. The molecule has 2 unspecified atom stereocenters. The third kappa shape index (κ3) is 2.97. The van der Waals surface area contributed by atoms with Gasteiger partial charge >= 0.3 is 0 Å². The highest BCUT2D eigenvalue weighted by molar-refractivity contribution is 5.91. The number of hydrogen-bond acceptors (Lipinski definition) is 3. The van der Waals surface area contributed by atoms with Crippen LogP contribution in [0.5, 0.6) is 0 Å². The summed E-state index contributed by atoms with van der Waals surface area (Å²) >= 11 is 0. The third-order valence-electron chi connectivity index (χ3n) is 3.70. The zero-order valence-electron chi connectivity index (χ0n) is 11.2. The summed E-state index contributed by atoms with van der Waals surface area (Å²) in [6, 6.07) is 8.17. The van der Waals surface area contributed by atoms with E-state index < -0.39 is 0 Å². The van der Waals surface area contributed by atoms with Gasteiger partial charge in [0.05, 0.1) is 5.71 Å². The number of aryl methyl sites for hydroxylation is 1. The number of oxime groups is 1. The molecule has 3 rings (SSSR count). The monoisotopic (exact) mass is 254 g/mol. The summed E-state index contributed by atoms with van der Waals surface area (Å²) in [5.41, 5.74) is 3.45. The zero-order valence-corrected chi connectivity index (χ0v) is 11.2. The van der Waals surface area contributed by atoms with Crippen molar-refractivity contribution in [1.29, 1.82) is 0 Å². The van der Waals surface area contributed by atoms with Gasteiger partial charge in [-0.3, -0.25) is 4.90 Å². The predicted octanol–water partition coefficient (Wildman–Crippen LogP) is 2.05. The minimum absolute atomic E-state index is 0.365. The van der Waals surface area contributed by atoms with Crippen molar-refractivity contribution >= 4 is 5.71 Å². The largest absolute Gasteiger partial charge is 0.383 e. The van der Waals surface area contributed by atoms with Crippen molar-refractivity contribution in [2.45, 2.75) is 13.3 Å². The van der Waals surface area contributed by atoms with Gasteiger partial charge in [-0.05, 0) is 37.6 Å². The average Bonchev–Trinajstić information content (AvgIpc) is 3.01. The Morgan fingerprint density at radius 2 is 2.42 bits per heavy atom. The molecule has 2 heterocycles. The molecule has 3 heteroatoms. The highest BCUT2D eigenvalue weighted by Crippen LogP contribution is 2.25. The normalized spacial score (nSPS) is 26.3. The van der Waals surface area contributed by atoms with Gasteiger partial charge in [-0.1, -0.05) is 29.1 Å². The van der Waals surface area contributed by atoms with Crippen LogP contribution in [0.15, 0.2) is 29.4 Å². The molecule has 0 N–H and O–H groups in total. The molecule has 0 radical (unpaired) electrons. The number of rotatable bonds is 2. The van der Waals surface area contributed by atoms with E-state index in [0.717, 1.165) is 18.7 Å². The Labute approximate surface area is 114 Å². The summed E-state index contributed by atoms with van der Waals surface area (Å²) in [4.78, 5) is 7.73. The van der Waals surface area contributed by atoms with Crippen LogP contribution in [-0.2, 0) is 4.84 Å². The van der Waals surface area contributed by atoms with Crippen LogP contribution >= 0.6 is 0 Å². The summed E-state index contributed by atoms with van der Waals surface area (Å²) in [6.07, 6.45) is 1.23. The molecule has 2 fully saturated rings. The fourth-order valence-electron chi connectivity index (χ4n) is 2.72. The van der Waals surface area contributed by atoms with Gasteiger partial charge in [0, 0.05) is 24.6 Å². The van der Waals surface area contributed by atoms with Crippen LogP contribution in [0, 0.1) is 24.7 Å². The van der Waals surface area contributed by atoms with Crippen molar-refractivity contribution in [3.8, 4) is 11.8 Å². The molecule has 0 amide bonds. The quantitative estimate of drug-likeness (QED) is 0.458. The molecule has 3 nitrogen and oxygen atoms in total. The fraction of sp³-hybridized carbons (Fsp3) is 0.438. The van der Waals surface area contributed by atoms with E-state index in [9.17, 15) is 0 Å². The van der Waals surface area contributed by atoms with Crippen molar-refractivity contribution in [2.24, 2.45) is 11.1 Å². The van der Waals surface area contributed by atoms with Crippen molar-refractivity contribution in [3.63, 3.8) is 0 Å².